The molecule has 0 amide bonds. The number of nitro groups is 1. The predicted molar refractivity (Wildman–Crippen MR) is 119 cm³/mol. The van der Waals surface area contributed by atoms with Gasteiger partial charge in [0.15, 0.2) is 0 Å². The molecule has 9 nitrogen and oxygen atoms in total. The number of hydrazone groups is 1. The number of hydrogen-bond acceptors (Lipinski definition) is 7. The van der Waals surface area contributed by atoms with Crippen LogP contribution >= 0.6 is 0 Å². The minimum atomic E-state index is -4.21. The van der Waals surface area contributed by atoms with Crippen LogP contribution in [-0.4, -0.2) is 26.7 Å². The van der Waals surface area contributed by atoms with Crippen molar-refractivity contribution in [3.63, 3.8) is 0 Å². The molecule has 3 aromatic carbocycles. The van der Waals surface area contributed by atoms with Crippen LogP contribution in [-0.2, 0) is 10.0 Å². The Kier molecular flexibility index (Phi) is 6.51. The topological polar surface area (TPSA) is 123 Å². The molecule has 0 unspecified atom stereocenters. The van der Waals surface area contributed by atoms with Crippen molar-refractivity contribution in [1.29, 1.82) is 0 Å². The van der Waals surface area contributed by atoms with E-state index in [4.69, 9.17) is 4.74 Å². The first kappa shape index (κ1) is 21.8. The number of para-hydroxylation sites is 2. The summed E-state index contributed by atoms with van der Waals surface area (Å²) in [6, 6.07) is 17.4. The maximum atomic E-state index is 13.1. The Balaban J connectivity index is 1.98. The smallest absolute Gasteiger partial charge is 0.270 e. The molecule has 0 saturated carbocycles. The lowest BCUT2D eigenvalue weighted by Gasteiger charge is -2.14. The van der Waals surface area contributed by atoms with Gasteiger partial charge in [-0.05, 0) is 36.2 Å². The van der Waals surface area contributed by atoms with Crippen molar-refractivity contribution in [2.24, 2.45) is 5.10 Å². The molecule has 160 valence electrons. The second-order valence-corrected chi connectivity index (χ2v) is 8.12. The zero-order chi connectivity index (χ0) is 22.4. The summed E-state index contributed by atoms with van der Waals surface area (Å²) in [5.74, 6) is 0.309. The molecule has 3 rings (SSSR count). The van der Waals surface area contributed by atoms with E-state index in [0.717, 1.165) is 17.2 Å². The average Bonchev–Trinajstić information content (AvgIpc) is 2.75. The van der Waals surface area contributed by atoms with E-state index < -0.39 is 14.9 Å². The third-order valence-corrected chi connectivity index (χ3v) is 5.80. The van der Waals surface area contributed by atoms with E-state index in [-0.39, 0.29) is 22.0 Å². The highest BCUT2D eigenvalue weighted by Crippen LogP contribution is 2.31. The van der Waals surface area contributed by atoms with Gasteiger partial charge in [0, 0.05) is 12.1 Å². The first-order valence-corrected chi connectivity index (χ1v) is 10.6. The first-order valence-electron chi connectivity index (χ1n) is 9.11. The minimum absolute atomic E-state index is 0.0813. The van der Waals surface area contributed by atoms with Crippen LogP contribution in [0.4, 0.5) is 17.1 Å². The van der Waals surface area contributed by atoms with Gasteiger partial charge in [0.1, 0.15) is 10.6 Å². The number of nitrogens with zero attached hydrogens (tertiary/aromatic N) is 2. The number of rotatable bonds is 8. The van der Waals surface area contributed by atoms with Crippen molar-refractivity contribution in [1.82, 2.24) is 0 Å². The van der Waals surface area contributed by atoms with Gasteiger partial charge in [0.05, 0.1) is 29.6 Å². The highest BCUT2D eigenvalue weighted by atomic mass is 32.2. The van der Waals surface area contributed by atoms with Gasteiger partial charge in [-0.25, -0.2) is 8.42 Å². The van der Waals surface area contributed by atoms with E-state index >= 15 is 0 Å². The van der Waals surface area contributed by atoms with Crippen LogP contribution in [0.3, 0.4) is 0 Å². The fourth-order valence-electron chi connectivity index (χ4n) is 2.77. The number of benzene rings is 3. The first-order chi connectivity index (χ1) is 14.8. The van der Waals surface area contributed by atoms with Gasteiger partial charge >= 0.3 is 0 Å². The Morgan fingerprint density at radius 2 is 1.74 bits per heavy atom. The molecule has 0 spiro atoms. The summed E-state index contributed by atoms with van der Waals surface area (Å²) < 4.78 is 33.7. The van der Waals surface area contributed by atoms with Crippen LogP contribution in [0.1, 0.15) is 11.1 Å². The molecule has 3 aromatic rings. The number of aryl methyl sites for hydroxylation is 1. The van der Waals surface area contributed by atoms with Crippen molar-refractivity contribution >= 4 is 33.3 Å². The second-order valence-electron chi connectivity index (χ2n) is 6.47. The number of non-ortho nitro benzene ring substituents is 1. The van der Waals surface area contributed by atoms with Crippen molar-refractivity contribution in [2.75, 3.05) is 17.3 Å². The normalized spacial score (nSPS) is 11.3. The molecule has 10 heteroatoms. The average molecular weight is 440 g/mol. The lowest BCUT2D eigenvalue weighted by molar-refractivity contribution is -0.385. The molecule has 0 radical (unpaired) electrons. The number of ether oxygens (including phenoxy) is 1. The molecule has 2 N–H and O–H groups in total. The Bertz CT molecular complexity index is 1240. The molecular weight excluding hydrogens is 420 g/mol. The van der Waals surface area contributed by atoms with Crippen molar-refractivity contribution in [3.8, 4) is 5.75 Å². The second kappa shape index (κ2) is 9.26. The SMILES string of the molecule is COc1ccccc1NS(=O)(=O)c1cc([N+](=O)[O-])ccc1N/N=C\c1ccccc1C. The molecule has 0 bridgehead atoms. The zero-order valence-electron chi connectivity index (χ0n) is 16.8. The summed E-state index contributed by atoms with van der Waals surface area (Å²) in [4.78, 5) is 10.2. The van der Waals surface area contributed by atoms with Gasteiger partial charge in [0.25, 0.3) is 15.7 Å². The monoisotopic (exact) mass is 440 g/mol. The Labute approximate surface area is 179 Å². The van der Waals surface area contributed by atoms with Crippen LogP contribution in [0.5, 0.6) is 5.75 Å². The van der Waals surface area contributed by atoms with E-state index in [0.29, 0.717) is 5.75 Å². The zero-order valence-corrected chi connectivity index (χ0v) is 17.6. The fourth-order valence-corrected chi connectivity index (χ4v) is 4.02. The van der Waals surface area contributed by atoms with Gasteiger partial charge in [0.2, 0.25) is 0 Å². The molecule has 0 heterocycles. The predicted octanol–water partition coefficient (Wildman–Crippen LogP) is 4.16. The Morgan fingerprint density at radius 3 is 2.45 bits per heavy atom. The largest absolute Gasteiger partial charge is 0.495 e. The van der Waals surface area contributed by atoms with Gasteiger partial charge in [-0.2, -0.15) is 5.10 Å². The third kappa shape index (κ3) is 5.17. The van der Waals surface area contributed by atoms with Gasteiger partial charge in [-0.15, -0.1) is 0 Å². The van der Waals surface area contributed by atoms with Gasteiger partial charge < -0.3 is 4.74 Å². The lowest BCUT2D eigenvalue weighted by atomic mass is 10.1. The summed E-state index contributed by atoms with van der Waals surface area (Å²) in [6.07, 6.45) is 1.54. The van der Waals surface area contributed by atoms with Crippen molar-refractivity contribution in [2.45, 2.75) is 11.8 Å². The summed E-state index contributed by atoms with van der Waals surface area (Å²) in [5.41, 5.74) is 4.42. The van der Waals surface area contributed by atoms with E-state index in [1.54, 1.807) is 24.4 Å². The molecule has 0 aliphatic heterocycles. The minimum Gasteiger partial charge on any atom is -0.495 e. The molecule has 0 atom stereocenters. The van der Waals surface area contributed by atoms with Gasteiger partial charge in [-0.3, -0.25) is 20.3 Å². The van der Waals surface area contributed by atoms with Crippen LogP contribution in [0.15, 0.2) is 76.7 Å². The molecule has 0 aliphatic rings. The number of nitro benzene ring substituents is 1. The highest BCUT2D eigenvalue weighted by Gasteiger charge is 2.23. The van der Waals surface area contributed by atoms with Crippen LogP contribution in [0.2, 0.25) is 0 Å². The summed E-state index contributed by atoms with van der Waals surface area (Å²) in [7, 11) is -2.80. The lowest BCUT2D eigenvalue weighted by Crippen LogP contribution is -2.15. The quantitative estimate of drug-likeness (QED) is 0.308. The molecular formula is C21H20N4O5S. The Morgan fingerprint density at radius 1 is 1.03 bits per heavy atom. The van der Waals surface area contributed by atoms with E-state index in [2.05, 4.69) is 15.2 Å². The van der Waals surface area contributed by atoms with Crippen molar-refractivity contribution < 1.29 is 18.1 Å². The fraction of sp³-hybridized carbons (Fsp3) is 0.0952. The molecule has 0 saturated heterocycles. The van der Waals surface area contributed by atoms with E-state index in [9.17, 15) is 18.5 Å². The molecule has 31 heavy (non-hydrogen) atoms. The summed E-state index contributed by atoms with van der Waals surface area (Å²) in [5, 5.41) is 15.3. The van der Waals surface area contributed by atoms with E-state index in [1.165, 1.54) is 25.3 Å². The molecule has 0 aliphatic carbocycles. The maximum Gasteiger partial charge on any atom is 0.270 e. The van der Waals surface area contributed by atoms with E-state index in [1.807, 2.05) is 31.2 Å². The van der Waals surface area contributed by atoms with Gasteiger partial charge in [-0.1, -0.05) is 36.4 Å². The number of anilines is 2. The Hall–Kier alpha value is -3.92. The standard InChI is InChI=1S/C21H20N4O5S/c1-15-7-3-4-8-16(15)14-22-23-19-12-11-17(25(26)27)13-21(19)31(28,29)24-18-9-5-6-10-20(18)30-2/h3-14,23-24H,1-2H3/b22-14-. The summed E-state index contributed by atoms with van der Waals surface area (Å²) in [6.45, 7) is 1.92. The maximum absolute atomic E-state index is 13.1. The van der Waals surface area contributed by atoms with Crippen LogP contribution in [0, 0.1) is 17.0 Å². The summed E-state index contributed by atoms with van der Waals surface area (Å²) >= 11 is 0. The molecule has 0 fully saturated rings. The third-order valence-electron chi connectivity index (χ3n) is 4.39. The number of hydrogen-bond donors (Lipinski definition) is 2. The molecule has 0 aromatic heterocycles. The number of sulfonamides is 1. The van der Waals surface area contributed by atoms with Crippen molar-refractivity contribution in [3.05, 3.63) is 88.0 Å². The van der Waals surface area contributed by atoms with Crippen LogP contribution in [0.25, 0.3) is 0 Å². The number of nitrogens with one attached hydrogen (secondary N) is 2. The highest BCUT2D eigenvalue weighted by molar-refractivity contribution is 7.93. The van der Waals surface area contributed by atoms with Crippen LogP contribution < -0.4 is 14.9 Å². The number of methoxy groups -OCH3 is 1.